The summed E-state index contributed by atoms with van der Waals surface area (Å²) in [6, 6.07) is 8.24. The van der Waals surface area contributed by atoms with Crippen LogP contribution in [0.25, 0.3) is 0 Å². The fourth-order valence-corrected chi connectivity index (χ4v) is 4.30. The molecule has 3 rings (SSSR count). The van der Waals surface area contributed by atoms with Gasteiger partial charge in [0.1, 0.15) is 11.9 Å². The van der Waals surface area contributed by atoms with Crippen LogP contribution in [0.2, 0.25) is 0 Å². The van der Waals surface area contributed by atoms with Crippen molar-refractivity contribution in [1.29, 1.82) is 0 Å². The van der Waals surface area contributed by atoms with E-state index < -0.39 is 10.1 Å². The molecule has 1 aromatic heterocycles. The summed E-state index contributed by atoms with van der Waals surface area (Å²) in [6.45, 7) is 1.93. The molecule has 2 aromatic rings. The average Bonchev–Trinajstić information content (AvgIpc) is 2.91. The predicted molar refractivity (Wildman–Crippen MR) is 89.0 cm³/mol. The lowest BCUT2D eigenvalue weighted by Crippen LogP contribution is -2.16. The van der Waals surface area contributed by atoms with Gasteiger partial charge in [-0.3, -0.25) is 0 Å². The second-order valence-corrected chi connectivity index (χ2v) is 7.93. The van der Waals surface area contributed by atoms with E-state index in [2.05, 4.69) is 5.32 Å². The van der Waals surface area contributed by atoms with Crippen molar-refractivity contribution in [3.8, 4) is 5.75 Å². The fourth-order valence-electron chi connectivity index (χ4n) is 2.15. The maximum absolute atomic E-state index is 12.1. The molecule has 0 amide bonds. The fraction of sp³-hybridized carbons (Fsp3) is 0.214. The third-order valence-electron chi connectivity index (χ3n) is 3.08. The van der Waals surface area contributed by atoms with Gasteiger partial charge in [0.15, 0.2) is 4.21 Å². The number of benzene rings is 1. The first-order valence-corrected chi connectivity index (χ1v) is 9.22. The molecule has 0 saturated heterocycles. The zero-order chi connectivity index (χ0) is 15.7. The molecule has 0 saturated carbocycles. The van der Waals surface area contributed by atoms with Crippen molar-refractivity contribution in [2.75, 3.05) is 5.32 Å². The Morgan fingerprint density at radius 3 is 2.95 bits per heavy atom. The maximum Gasteiger partial charge on any atom is 0.348 e. The van der Waals surface area contributed by atoms with Gasteiger partial charge in [0.25, 0.3) is 5.17 Å². The Hall–Kier alpha value is -1.64. The van der Waals surface area contributed by atoms with Crippen molar-refractivity contribution in [2.45, 2.75) is 23.7 Å². The van der Waals surface area contributed by atoms with Crippen LogP contribution in [0, 0.1) is 0 Å². The SMILES string of the molecule is CC1Cc2ccc(OS(=O)(=O)c3cccs3)cc2NC(=S)O1. The van der Waals surface area contributed by atoms with E-state index in [9.17, 15) is 8.42 Å². The number of anilines is 1. The highest BCUT2D eigenvalue weighted by atomic mass is 32.3. The minimum atomic E-state index is -3.80. The Bertz CT molecular complexity index is 800. The van der Waals surface area contributed by atoms with Crippen molar-refractivity contribution in [2.24, 2.45) is 0 Å². The molecule has 5 nitrogen and oxygen atoms in total. The molecule has 0 aliphatic carbocycles. The van der Waals surface area contributed by atoms with Crippen molar-refractivity contribution in [3.63, 3.8) is 0 Å². The molecule has 1 aliphatic rings. The molecular formula is C14H13NO4S3. The van der Waals surface area contributed by atoms with Gasteiger partial charge in [-0.1, -0.05) is 12.1 Å². The van der Waals surface area contributed by atoms with E-state index in [-0.39, 0.29) is 21.2 Å². The van der Waals surface area contributed by atoms with Crippen molar-refractivity contribution in [3.05, 3.63) is 41.3 Å². The number of hydrogen-bond donors (Lipinski definition) is 1. The third-order valence-corrected chi connectivity index (χ3v) is 5.88. The molecule has 116 valence electrons. The summed E-state index contributed by atoms with van der Waals surface area (Å²) in [6.07, 6.45) is 0.642. The van der Waals surface area contributed by atoms with Gasteiger partial charge in [-0.15, -0.1) is 11.3 Å². The summed E-state index contributed by atoms with van der Waals surface area (Å²) < 4.78 is 35.1. The summed E-state index contributed by atoms with van der Waals surface area (Å²) in [7, 11) is -3.80. The molecule has 1 aromatic carbocycles. The van der Waals surface area contributed by atoms with Crippen LogP contribution in [0.15, 0.2) is 39.9 Å². The molecule has 8 heteroatoms. The largest absolute Gasteiger partial charge is 0.467 e. The van der Waals surface area contributed by atoms with E-state index in [1.807, 2.05) is 13.0 Å². The number of nitrogens with one attached hydrogen (secondary N) is 1. The number of fused-ring (bicyclic) bond motifs is 1. The first-order valence-electron chi connectivity index (χ1n) is 6.52. The van der Waals surface area contributed by atoms with Gasteiger partial charge in [-0.2, -0.15) is 8.42 Å². The van der Waals surface area contributed by atoms with Crippen molar-refractivity contribution in [1.82, 2.24) is 0 Å². The molecule has 2 heterocycles. The zero-order valence-corrected chi connectivity index (χ0v) is 14.1. The van der Waals surface area contributed by atoms with Crippen LogP contribution in [-0.2, 0) is 21.3 Å². The topological polar surface area (TPSA) is 64.6 Å². The summed E-state index contributed by atoms with van der Waals surface area (Å²) in [5.74, 6) is 0.233. The van der Waals surface area contributed by atoms with Crippen LogP contribution in [-0.4, -0.2) is 19.7 Å². The summed E-state index contributed by atoms with van der Waals surface area (Å²) in [4.78, 5) is 0. The maximum atomic E-state index is 12.1. The van der Waals surface area contributed by atoms with Crippen LogP contribution < -0.4 is 9.50 Å². The van der Waals surface area contributed by atoms with Crippen LogP contribution >= 0.6 is 23.6 Å². The van der Waals surface area contributed by atoms with Gasteiger partial charge in [0, 0.05) is 18.2 Å². The van der Waals surface area contributed by atoms with Crippen molar-refractivity contribution < 1.29 is 17.3 Å². The summed E-state index contributed by atoms with van der Waals surface area (Å²) in [5.41, 5.74) is 1.70. The number of rotatable bonds is 3. The van der Waals surface area contributed by atoms with Gasteiger partial charge in [-0.05, 0) is 42.2 Å². The zero-order valence-electron chi connectivity index (χ0n) is 11.6. The quantitative estimate of drug-likeness (QED) is 0.674. The van der Waals surface area contributed by atoms with E-state index in [4.69, 9.17) is 21.1 Å². The molecule has 0 bridgehead atoms. The van der Waals surface area contributed by atoms with E-state index in [0.717, 1.165) is 16.9 Å². The van der Waals surface area contributed by atoms with E-state index in [1.165, 1.54) is 6.07 Å². The van der Waals surface area contributed by atoms with E-state index in [0.29, 0.717) is 12.1 Å². The minimum absolute atomic E-state index is 0.0390. The molecule has 1 atom stereocenters. The Morgan fingerprint density at radius 2 is 2.23 bits per heavy atom. The number of ether oxygens (including phenoxy) is 1. The second-order valence-electron chi connectivity index (χ2n) is 4.83. The highest BCUT2D eigenvalue weighted by Crippen LogP contribution is 2.29. The predicted octanol–water partition coefficient (Wildman–Crippen LogP) is 3.17. The number of thiophene rings is 1. The standard InChI is InChI=1S/C14H13NO4S3/c1-9-7-10-4-5-11(8-12(10)15-14(20)18-9)19-22(16,17)13-3-2-6-21-13/h2-6,8-9H,7H2,1H3,(H,15,20). The lowest BCUT2D eigenvalue weighted by Gasteiger charge is -2.10. The highest BCUT2D eigenvalue weighted by molar-refractivity contribution is 7.89. The summed E-state index contributed by atoms with van der Waals surface area (Å²) >= 11 is 6.19. The first-order chi connectivity index (χ1) is 10.4. The lowest BCUT2D eigenvalue weighted by atomic mass is 10.1. The first kappa shape index (κ1) is 15.3. The number of hydrogen-bond acceptors (Lipinski definition) is 6. The summed E-state index contributed by atoms with van der Waals surface area (Å²) in [5, 5.41) is 4.91. The molecular weight excluding hydrogens is 342 g/mol. The Labute approximate surface area is 138 Å². The average molecular weight is 355 g/mol. The number of thiocarbonyl (C=S) groups is 1. The normalized spacial score (nSPS) is 17.9. The highest BCUT2D eigenvalue weighted by Gasteiger charge is 2.21. The molecule has 1 N–H and O–H groups in total. The smallest absolute Gasteiger partial charge is 0.348 e. The molecule has 1 aliphatic heterocycles. The van der Waals surface area contributed by atoms with Crippen LogP contribution in [0.3, 0.4) is 0 Å². The molecule has 0 spiro atoms. The monoisotopic (exact) mass is 355 g/mol. The Morgan fingerprint density at radius 1 is 1.41 bits per heavy atom. The minimum Gasteiger partial charge on any atom is -0.467 e. The van der Waals surface area contributed by atoms with E-state index >= 15 is 0 Å². The molecule has 1 unspecified atom stereocenters. The van der Waals surface area contributed by atoms with Gasteiger partial charge >= 0.3 is 10.1 Å². The van der Waals surface area contributed by atoms with Crippen LogP contribution in [0.1, 0.15) is 12.5 Å². The van der Waals surface area contributed by atoms with Crippen LogP contribution in [0.5, 0.6) is 5.75 Å². The second kappa shape index (κ2) is 5.86. The molecule has 0 fully saturated rings. The van der Waals surface area contributed by atoms with Gasteiger partial charge in [0.05, 0.1) is 0 Å². The van der Waals surface area contributed by atoms with Crippen LogP contribution in [0.4, 0.5) is 5.69 Å². The Balaban J connectivity index is 1.90. The van der Waals surface area contributed by atoms with E-state index in [1.54, 1.807) is 23.6 Å². The van der Waals surface area contributed by atoms with Gasteiger partial charge in [-0.25, -0.2) is 0 Å². The molecule has 0 radical (unpaired) electrons. The Kier molecular flexibility index (Phi) is 4.07. The third kappa shape index (κ3) is 3.23. The molecule has 22 heavy (non-hydrogen) atoms. The van der Waals surface area contributed by atoms with Gasteiger partial charge < -0.3 is 14.2 Å². The van der Waals surface area contributed by atoms with Crippen molar-refractivity contribution >= 4 is 44.5 Å². The van der Waals surface area contributed by atoms with Gasteiger partial charge in [0.2, 0.25) is 0 Å². The lowest BCUT2D eigenvalue weighted by molar-refractivity contribution is 0.217.